The lowest BCUT2D eigenvalue weighted by atomic mass is 10.1. The molecule has 0 aliphatic rings. The first-order chi connectivity index (χ1) is 7.33. The molecule has 0 atom stereocenters. The number of methoxy groups -OCH3 is 1. The van der Waals surface area contributed by atoms with E-state index in [1.807, 2.05) is 20.8 Å². The van der Waals surface area contributed by atoms with Gasteiger partial charge in [0.15, 0.2) is 0 Å². The van der Waals surface area contributed by atoms with Gasteiger partial charge in [0, 0.05) is 11.8 Å². The quantitative estimate of drug-likeness (QED) is 0.617. The summed E-state index contributed by atoms with van der Waals surface area (Å²) in [5.74, 6) is 0.0126. The van der Waals surface area contributed by atoms with Crippen LogP contribution in [0.15, 0.2) is 18.2 Å². The maximum atomic E-state index is 11.8. The minimum absolute atomic E-state index is 0.381. The third kappa shape index (κ3) is 3.15. The third-order valence-corrected chi connectivity index (χ3v) is 1.84. The number of hydrogen-bond donors (Lipinski definition) is 1. The van der Waals surface area contributed by atoms with E-state index in [1.165, 1.54) is 7.11 Å². The van der Waals surface area contributed by atoms with Crippen molar-refractivity contribution in [3.8, 4) is 5.75 Å². The van der Waals surface area contributed by atoms with Gasteiger partial charge in [0.05, 0.1) is 7.11 Å². The van der Waals surface area contributed by atoms with Gasteiger partial charge in [-0.05, 0) is 32.9 Å². The SMILES string of the molecule is COc1cc(N)ccc1C(=O)OC(C)(C)C. The molecule has 0 unspecified atom stereocenters. The zero-order valence-corrected chi connectivity index (χ0v) is 10.0. The third-order valence-electron chi connectivity index (χ3n) is 1.84. The average molecular weight is 223 g/mol. The largest absolute Gasteiger partial charge is 0.496 e. The lowest BCUT2D eigenvalue weighted by molar-refractivity contribution is 0.00666. The number of esters is 1. The lowest BCUT2D eigenvalue weighted by Crippen LogP contribution is -2.24. The molecule has 88 valence electrons. The zero-order chi connectivity index (χ0) is 12.3. The molecule has 1 aromatic carbocycles. The first-order valence-corrected chi connectivity index (χ1v) is 5.00. The molecule has 2 N–H and O–H groups in total. The molecule has 1 rings (SSSR count). The Balaban J connectivity index is 2.99. The van der Waals surface area contributed by atoms with Gasteiger partial charge in [-0.2, -0.15) is 0 Å². The normalized spacial score (nSPS) is 11.0. The second-order valence-corrected chi connectivity index (χ2v) is 4.46. The Bertz CT molecular complexity index is 394. The van der Waals surface area contributed by atoms with Gasteiger partial charge in [0.1, 0.15) is 16.9 Å². The van der Waals surface area contributed by atoms with Crippen LogP contribution in [0.1, 0.15) is 31.1 Å². The summed E-state index contributed by atoms with van der Waals surface area (Å²) in [5, 5.41) is 0. The summed E-state index contributed by atoms with van der Waals surface area (Å²) in [4.78, 5) is 11.8. The Hall–Kier alpha value is -1.71. The van der Waals surface area contributed by atoms with Crippen LogP contribution in [0.3, 0.4) is 0 Å². The van der Waals surface area contributed by atoms with Gasteiger partial charge in [0.2, 0.25) is 0 Å². The van der Waals surface area contributed by atoms with Gasteiger partial charge < -0.3 is 15.2 Å². The summed E-state index contributed by atoms with van der Waals surface area (Å²) in [7, 11) is 1.49. The molecule has 4 nitrogen and oxygen atoms in total. The van der Waals surface area contributed by atoms with Crippen molar-refractivity contribution in [2.45, 2.75) is 26.4 Å². The van der Waals surface area contributed by atoms with Crippen molar-refractivity contribution in [2.24, 2.45) is 0 Å². The fourth-order valence-electron chi connectivity index (χ4n) is 1.21. The van der Waals surface area contributed by atoms with Crippen molar-refractivity contribution in [1.82, 2.24) is 0 Å². The van der Waals surface area contributed by atoms with Crippen molar-refractivity contribution >= 4 is 11.7 Å². The molecule has 0 spiro atoms. The fourth-order valence-corrected chi connectivity index (χ4v) is 1.21. The monoisotopic (exact) mass is 223 g/mol. The van der Waals surface area contributed by atoms with Gasteiger partial charge >= 0.3 is 5.97 Å². The summed E-state index contributed by atoms with van der Waals surface area (Å²) in [6, 6.07) is 4.84. The van der Waals surface area contributed by atoms with E-state index in [1.54, 1.807) is 18.2 Å². The lowest BCUT2D eigenvalue weighted by Gasteiger charge is -2.20. The molecule has 0 amide bonds. The molecule has 0 saturated heterocycles. The number of anilines is 1. The summed E-state index contributed by atoms with van der Waals surface area (Å²) in [6.45, 7) is 5.44. The van der Waals surface area contributed by atoms with Gasteiger partial charge in [-0.1, -0.05) is 0 Å². The van der Waals surface area contributed by atoms with E-state index < -0.39 is 11.6 Å². The number of ether oxygens (including phenoxy) is 2. The van der Waals surface area contributed by atoms with E-state index in [-0.39, 0.29) is 0 Å². The van der Waals surface area contributed by atoms with Crippen LogP contribution in [0.5, 0.6) is 5.75 Å². The highest BCUT2D eigenvalue weighted by Gasteiger charge is 2.20. The number of carbonyl (C=O) groups is 1. The number of hydrogen-bond acceptors (Lipinski definition) is 4. The molecule has 4 heteroatoms. The second-order valence-electron chi connectivity index (χ2n) is 4.46. The number of rotatable bonds is 2. The maximum Gasteiger partial charge on any atom is 0.342 e. The van der Waals surface area contributed by atoms with E-state index in [0.717, 1.165) is 0 Å². The number of benzene rings is 1. The predicted molar refractivity (Wildman–Crippen MR) is 62.6 cm³/mol. The topological polar surface area (TPSA) is 61.5 Å². The van der Waals surface area contributed by atoms with E-state index in [9.17, 15) is 4.79 Å². The highest BCUT2D eigenvalue weighted by Crippen LogP contribution is 2.23. The Morgan fingerprint density at radius 1 is 1.31 bits per heavy atom. The van der Waals surface area contributed by atoms with Crippen molar-refractivity contribution in [1.29, 1.82) is 0 Å². The highest BCUT2D eigenvalue weighted by molar-refractivity contribution is 5.93. The van der Waals surface area contributed by atoms with Crippen LogP contribution >= 0.6 is 0 Å². The molecule has 16 heavy (non-hydrogen) atoms. The Morgan fingerprint density at radius 2 is 1.94 bits per heavy atom. The van der Waals surface area contributed by atoms with Gasteiger partial charge in [-0.15, -0.1) is 0 Å². The maximum absolute atomic E-state index is 11.8. The second kappa shape index (κ2) is 4.43. The van der Waals surface area contributed by atoms with E-state index >= 15 is 0 Å². The standard InChI is InChI=1S/C12H17NO3/c1-12(2,3)16-11(14)9-6-5-8(13)7-10(9)15-4/h5-7H,13H2,1-4H3. The predicted octanol–water partition coefficient (Wildman–Crippen LogP) is 2.23. The number of nitrogens with two attached hydrogens (primary N) is 1. The molecule has 1 aromatic rings. The van der Waals surface area contributed by atoms with Crippen LogP contribution in [0, 0.1) is 0 Å². The van der Waals surface area contributed by atoms with Crippen LogP contribution in [0.25, 0.3) is 0 Å². The van der Waals surface area contributed by atoms with Crippen LogP contribution < -0.4 is 10.5 Å². The Morgan fingerprint density at radius 3 is 2.44 bits per heavy atom. The van der Waals surface area contributed by atoms with Crippen LogP contribution in [-0.4, -0.2) is 18.7 Å². The molecular formula is C12H17NO3. The summed E-state index contributed by atoms with van der Waals surface area (Å²) in [6.07, 6.45) is 0. The molecule has 0 aromatic heterocycles. The molecule has 0 aliphatic heterocycles. The molecule has 0 radical (unpaired) electrons. The zero-order valence-electron chi connectivity index (χ0n) is 10.0. The molecule has 0 saturated carbocycles. The van der Waals surface area contributed by atoms with Gasteiger partial charge in [-0.25, -0.2) is 4.79 Å². The van der Waals surface area contributed by atoms with Crippen LogP contribution in [-0.2, 0) is 4.74 Å². The smallest absolute Gasteiger partial charge is 0.342 e. The van der Waals surface area contributed by atoms with E-state index in [2.05, 4.69) is 0 Å². The molecule has 0 heterocycles. The number of carbonyl (C=O) groups excluding carboxylic acids is 1. The van der Waals surface area contributed by atoms with Crippen molar-refractivity contribution in [2.75, 3.05) is 12.8 Å². The molecular weight excluding hydrogens is 206 g/mol. The summed E-state index contributed by atoms with van der Waals surface area (Å²) in [5.41, 5.74) is 6.00. The van der Waals surface area contributed by atoms with Crippen LogP contribution in [0.4, 0.5) is 5.69 Å². The van der Waals surface area contributed by atoms with Crippen LogP contribution in [0.2, 0.25) is 0 Å². The number of nitrogen functional groups attached to an aromatic ring is 1. The molecule has 0 aliphatic carbocycles. The Kier molecular flexibility index (Phi) is 3.42. The van der Waals surface area contributed by atoms with Crippen molar-refractivity contribution in [3.63, 3.8) is 0 Å². The van der Waals surface area contributed by atoms with E-state index in [0.29, 0.717) is 17.0 Å². The minimum Gasteiger partial charge on any atom is -0.496 e. The molecule has 0 bridgehead atoms. The minimum atomic E-state index is -0.524. The van der Waals surface area contributed by atoms with E-state index in [4.69, 9.17) is 15.2 Å². The highest BCUT2D eigenvalue weighted by atomic mass is 16.6. The Labute approximate surface area is 95.3 Å². The summed E-state index contributed by atoms with van der Waals surface area (Å²) >= 11 is 0. The fraction of sp³-hybridized carbons (Fsp3) is 0.417. The first-order valence-electron chi connectivity index (χ1n) is 5.00. The average Bonchev–Trinajstić information content (AvgIpc) is 2.14. The molecule has 0 fully saturated rings. The first kappa shape index (κ1) is 12.4. The van der Waals surface area contributed by atoms with Gasteiger partial charge in [-0.3, -0.25) is 0 Å². The van der Waals surface area contributed by atoms with Crippen molar-refractivity contribution < 1.29 is 14.3 Å². The summed E-state index contributed by atoms with van der Waals surface area (Å²) < 4.78 is 10.3. The van der Waals surface area contributed by atoms with Crippen molar-refractivity contribution in [3.05, 3.63) is 23.8 Å². The van der Waals surface area contributed by atoms with Gasteiger partial charge in [0.25, 0.3) is 0 Å².